The molecule has 1 saturated carbocycles. The second kappa shape index (κ2) is 7.29. The fourth-order valence-electron chi connectivity index (χ4n) is 3.95. The van der Waals surface area contributed by atoms with Gasteiger partial charge in [-0.25, -0.2) is 0 Å². The summed E-state index contributed by atoms with van der Waals surface area (Å²) < 4.78 is 39.5. The van der Waals surface area contributed by atoms with Crippen LogP contribution >= 0.6 is 0 Å². The number of rotatable bonds is 5. The Labute approximate surface area is 150 Å². The summed E-state index contributed by atoms with van der Waals surface area (Å²) in [6, 6.07) is 5.47. The molecule has 26 heavy (non-hydrogen) atoms. The number of hydrogen-bond acceptors (Lipinski definition) is 2. The lowest BCUT2D eigenvalue weighted by Crippen LogP contribution is -2.41. The van der Waals surface area contributed by atoms with Crippen LogP contribution in [0.1, 0.15) is 49.1 Å². The fourth-order valence-corrected chi connectivity index (χ4v) is 3.95. The van der Waals surface area contributed by atoms with Crippen LogP contribution in [0.4, 0.5) is 13.2 Å². The zero-order chi connectivity index (χ0) is 18.9. The van der Waals surface area contributed by atoms with Gasteiger partial charge in [0, 0.05) is 25.4 Å². The molecule has 2 fully saturated rings. The topological polar surface area (TPSA) is 57.6 Å². The van der Waals surface area contributed by atoms with Crippen molar-refractivity contribution in [3.63, 3.8) is 0 Å². The number of piperidine rings is 1. The average molecular weight is 369 g/mol. The summed E-state index contributed by atoms with van der Waals surface area (Å²) in [7, 11) is 0. The first-order valence-corrected chi connectivity index (χ1v) is 8.94. The summed E-state index contributed by atoms with van der Waals surface area (Å²) in [5.41, 5.74) is -0.448. The number of hydrogen-bond donors (Lipinski definition) is 1. The number of halogens is 3. The third-order valence-corrected chi connectivity index (χ3v) is 5.37. The maximum absolute atomic E-state index is 13.2. The molecule has 7 heteroatoms. The number of carboxylic acids is 1. The van der Waals surface area contributed by atoms with Crippen LogP contribution in [-0.4, -0.2) is 35.0 Å². The smallest absolute Gasteiger partial charge is 0.416 e. The summed E-state index contributed by atoms with van der Waals surface area (Å²) in [4.78, 5) is 25.2. The Hall–Kier alpha value is -2.05. The van der Waals surface area contributed by atoms with E-state index in [4.69, 9.17) is 5.11 Å². The van der Waals surface area contributed by atoms with Gasteiger partial charge >= 0.3 is 12.1 Å². The summed E-state index contributed by atoms with van der Waals surface area (Å²) in [6.07, 6.45) is -1.65. The van der Waals surface area contributed by atoms with E-state index in [1.54, 1.807) is 11.0 Å². The molecule has 0 radical (unpaired) electrons. The van der Waals surface area contributed by atoms with Gasteiger partial charge in [-0.2, -0.15) is 13.2 Å². The van der Waals surface area contributed by atoms with Crippen molar-refractivity contribution in [1.82, 2.24) is 4.90 Å². The number of benzene rings is 1. The second-order valence-electron chi connectivity index (χ2n) is 7.26. The molecular formula is C19H22F3NO3. The van der Waals surface area contributed by atoms with Crippen molar-refractivity contribution in [2.75, 3.05) is 13.1 Å². The van der Waals surface area contributed by atoms with E-state index >= 15 is 0 Å². The third-order valence-electron chi connectivity index (χ3n) is 5.37. The van der Waals surface area contributed by atoms with Crippen LogP contribution in [0.3, 0.4) is 0 Å². The molecule has 0 aromatic heterocycles. The molecule has 0 spiro atoms. The van der Waals surface area contributed by atoms with Gasteiger partial charge in [-0.05, 0) is 49.1 Å². The van der Waals surface area contributed by atoms with Crippen molar-refractivity contribution in [3.05, 3.63) is 35.4 Å². The van der Waals surface area contributed by atoms with Crippen LogP contribution < -0.4 is 0 Å². The molecule has 1 aromatic rings. The summed E-state index contributed by atoms with van der Waals surface area (Å²) in [5.74, 6) is -1.55. The van der Waals surface area contributed by atoms with Crippen molar-refractivity contribution >= 4 is 11.9 Å². The molecule has 0 unspecified atom stereocenters. The quantitative estimate of drug-likeness (QED) is 0.856. The first-order valence-electron chi connectivity index (χ1n) is 8.94. The van der Waals surface area contributed by atoms with Crippen LogP contribution in [0.2, 0.25) is 0 Å². The Kier molecular flexibility index (Phi) is 5.25. The van der Waals surface area contributed by atoms with Gasteiger partial charge < -0.3 is 10.0 Å². The van der Waals surface area contributed by atoms with Gasteiger partial charge in [0.2, 0.25) is 5.91 Å². The van der Waals surface area contributed by atoms with E-state index in [9.17, 15) is 22.8 Å². The Morgan fingerprint density at radius 2 is 1.96 bits per heavy atom. The number of alkyl halides is 3. The molecule has 1 heterocycles. The average Bonchev–Trinajstić information content (AvgIpc) is 3.39. The molecule has 3 rings (SSSR count). The van der Waals surface area contributed by atoms with E-state index in [2.05, 4.69) is 0 Å². The maximum Gasteiger partial charge on any atom is 0.416 e. The van der Waals surface area contributed by atoms with Crippen LogP contribution in [0.15, 0.2) is 24.3 Å². The maximum atomic E-state index is 13.2. The van der Waals surface area contributed by atoms with E-state index < -0.39 is 23.6 Å². The molecule has 1 aliphatic carbocycles. The summed E-state index contributed by atoms with van der Waals surface area (Å²) in [5, 5.41) is 8.80. The van der Waals surface area contributed by atoms with Gasteiger partial charge in [0.15, 0.2) is 0 Å². The number of amides is 1. The number of carboxylic acid groups (broad SMARTS) is 1. The lowest BCUT2D eigenvalue weighted by molar-refractivity contribution is -0.139. The predicted molar refractivity (Wildman–Crippen MR) is 88.5 cm³/mol. The molecule has 4 nitrogen and oxygen atoms in total. The van der Waals surface area contributed by atoms with Crippen molar-refractivity contribution in [3.8, 4) is 0 Å². The molecule has 1 aromatic carbocycles. The minimum Gasteiger partial charge on any atom is -0.481 e. The first-order chi connectivity index (χ1) is 12.3. The van der Waals surface area contributed by atoms with Gasteiger partial charge in [0.05, 0.1) is 5.56 Å². The minimum absolute atomic E-state index is 0.0811. The largest absolute Gasteiger partial charge is 0.481 e. The molecule has 3 atom stereocenters. The van der Waals surface area contributed by atoms with Crippen LogP contribution in [0.25, 0.3) is 0 Å². The molecular weight excluding hydrogens is 347 g/mol. The second-order valence-corrected chi connectivity index (χ2v) is 7.26. The molecule has 142 valence electrons. The number of nitrogens with zero attached hydrogens (tertiary/aromatic N) is 1. The van der Waals surface area contributed by atoms with Gasteiger partial charge in [0.1, 0.15) is 0 Å². The molecule has 0 bridgehead atoms. The molecule has 1 amide bonds. The zero-order valence-corrected chi connectivity index (χ0v) is 14.3. The van der Waals surface area contributed by atoms with Crippen LogP contribution in [0.5, 0.6) is 0 Å². The Balaban J connectivity index is 1.63. The van der Waals surface area contributed by atoms with Gasteiger partial charge in [0.25, 0.3) is 0 Å². The molecule has 1 aliphatic heterocycles. The lowest BCUT2D eigenvalue weighted by Gasteiger charge is -2.33. The van der Waals surface area contributed by atoms with E-state index in [0.29, 0.717) is 25.9 Å². The molecule has 1 saturated heterocycles. The van der Waals surface area contributed by atoms with E-state index in [-0.39, 0.29) is 29.7 Å². The van der Waals surface area contributed by atoms with Crippen molar-refractivity contribution in [1.29, 1.82) is 0 Å². The minimum atomic E-state index is -4.42. The number of carbonyl (C=O) groups excluding carboxylic acids is 1. The van der Waals surface area contributed by atoms with Crippen molar-refractivity contribution in [2.24, 2.45) is 11.8 Å². The fraction of sp³-hybridized carbons (Fsp3) is 0.579. The van der Waals surface area contributed by atoms with Crippen molar-refractivity contribution in [2.45, 2.75) is 44.2 Å². The van der Waals surface area contributed by atoms with Crippen LogP contribution in [0, 0.1) is 11.8 Å². The van der Waals surface area contributed by atoms with E-state index in [1.165, 1.54) is 12.1 Å². The highest BCUT2D eigenvalue weighted by molar-refractivity contribution is 5.83. The summed E-state index contributed by atoms with van der Waals surface area (Å²) in [6.45, 7) is 1.11. The van der Waals surface area contributed by atoms with Crippen LogP contribution in [-0.2, 0) is 15.8 Å². The highest BCUT2D eigenvalue weighted by atomic mass is 19.4. The normalized spacial score (nSPS) is 25.8. The van der Waals surface area contributed by atoms with Crippen molar-refractivity contribution < 1.29 is 27.9 Å². The Morgan fingerprint density at radius 1 is 1.23 bits per heavy atom. The van der Waals surface area contributed by atoms with Gasteiger partial charge in [-0.3, -0.25) is 9.59 Å². The Morgan fingerprint density at radius 3 is 2.65 bits per heavy atom. The summed E-state index contributed by atoms with van der Waals surface area (Å²) >= 11 is 0. The van der Waals surface area contributed by atoms with Gasteiger partial charge in [-0.15, -0.1) is 0 Å². The number of aliphatic carboxylic acids is 1. The highest BCUT2D eigenvalue weighted by Gasteiger charge is 2.49. The zero-order valence-electron chi connectivity index (χ0n) is 14.3. The van der Waals surface area contributed by atoms with E-state index in [1.807, 2.05) is 0 Å². The number of likely N-dealkylation sites (tertiary alicyclic amines) is 1. The highest BCUT2D eigenvalue weighted by Crippen LogP contribution is 2.52. The first kappa shape index (κ1) is 18.7. The predicted octanol–water partition coefficient (Wildman–Crippen LogP) is 3.91. The Bertz CT molecular complexity index is 689. The lowest BCUT2D eigenvalue weighted by atomic mass is 9.93. The monoisotopic (exact) mass is 369 g/mol. The number of carbonyl (C=O) groups is 2. The van der Waals surface area contributed by atoms with Gasteiger partial charge in [-0.1, -0.05) is 18.2 Å². The molecule has 1 N–H and O–H groups in total. The molecule has 2 aliphatic rings. The SMILES string of the molecule is O=C(O)CC[C@@H]1CCCN(C(=O)[C@@H]2C[C@@H]2c2ccccc2C(F)(F)F)C1. The standard InChI is InChI=1S/C19H22F3NO3/c20-19(21,22)16-6-2-1-5-13(16)14-10-15(14)18(26)23-9-3-4-12(11-23)7-8-17(24)25/h1-2,5-6,12,14-15H,3-4,7-11H2,(H,24,25)/t12-,14+,15+/m0/s1. The third kappa shape index (κ3) is 4.19. The van der Waals surface area contributed by atoms with E-state index in [0.717, 1.165) is 18.9 Å².